The highest BCUT2D eigenvalue weighted by molar-refractivity contribution is 6.06. The van der Waals surface area contributed by atoms with Crippen LogP contribution < -0.4 is 11.1 Å². The van der Waals surface area contributed by atoms with Gasteiger partial charge in [-0.25, -0.2) is 4.98 Å². The molecule has 0 aliphatic carbocycles. The summed E-state index contributed by atoms with van der Waals surface area (Å²) in [7, 11) is 1.70. The first-order valence-corrected chi connectivity index (χ1v) is 7.15. The minimum absolute atomic E-state index is 0.105. The number of nitrogens with zero attached hydrogens (tertiary/aromatic N) is 1. The molecule has 112 valence electrons. The summed E-state index contributed by atoms with van der Waals surface area (Å²) in [6, 6.07) is 9.14. The molecular weight excluding hydrogens is 266 g/mol. The van der Waals surface area contributed by atoms with Crippen molar-refractivity contribution in [2.75, 3.05) is 26.0 Å². The van der Waals surface area contributed by atoms with Crippen molar-refractivity contribution in [3.8, 4) is 0 Å². The number of carbonyl (C=O) groups excluding carboxylic acids is 1. The molecule has 0 atom stereocenters. The topological polar surface area (TPSA) is 77.2 Å². The average Bonchev–Trinajstić information content (AvgIpc) is 2.49. The first kappa shape index (κ1) is 15.3. The number of benzene rings is 1. The molecule has 0 radical (unpaired) electrons. The number of anilines is 1. The number of unbranched alkanes of at least 4 members (excludes halogenated alkanes) is 2. The quantitative estimate of drug-likeness (QED) is 0.766. The second-order valence-electron chi connectivity index (χ2n) is 4.92. The number of ether oxygens (including phenoxy) is 1. The lowest BCUT2D eigenvalue weighted by atomic mass is 10.1. The van der Waals surface area contributed by atoms with Gasteiger partial charge in [0, 0.05) is 25.6 Å². The Morgan fingerprint density at radius 1 is 1.29 bits per heavy atom. The summed E-state index contributed by atoms with van der Waals surface area (Å²) in [5, 5.41) is 3.75. The van der Waals surface area contributed by atoms with Crippen LogP contribution in [-0.2, 0) is 4.74 Å². The lowest BCUT2D eigenvalue weighted by Crippen LogP contribution is -2.25. The third-order valence-electron chi connectivity index (χ3n) is 3.29. The maximum Gasteiger partial charge on any atom is 0.252 e. The van der Waals surface area contributed by atoms with Crippen molar-refractivity contribution < 1.29 is 9.53 Å². The van der Waals surface area contributed by atoms with E-state index in [0.29, 0.717) is 17.9 Å². The Kier molecular flexibility index (Phi) is 5.51. The Morgan fingerprint density at radius 2 is 2.10 bits per heavy atom. The number of hydrogen-bond donors (Lipinski definition) is 2. The van der Waals surface area contributed by atoms with Gasteiger partial charge in [0.05, 0.1) is 11.1 Å². The highest BCUT2D eigenvalue weighted by atomic mass is 16.5. The molecule has 0 bridgehead atoms. The molecular formula is C16H21N3O2. The van der Waals surface area contributed by atoms with Gasteiger partial charge in [-0.15, -0.1) is 0 Å². The number of para-hydroxylation sites is 1. The van der Waals surface area contributed by atoms with Gasteiger partial charge in [-0.1, -0.05) is 18.2 Å². The molecule has 5 nitrogen and oxygen atoms in total. The van der Waals surface area contributed by atoms with E-state index in [1.807, 2.05) is 24.3 Å². The van der Waals surface area contributed by atoms with E-state index in [4.69, 9.17) is 10.5 Å². The number of nitrogens with two attached hydrogens (primary N) is 1. The summed E-state index contributed by atoms with van der Waals surface area (Å²) in [5.41, 5.74) is 7.08. The van der Waals surface area contributed by atoms with Gasteiger partial charge in [-0.2, -0.15) is 0 Å². The third-order valence-corrected chi connectivity index (χ3v) is 3.29. The fourth-order valence-corrected chi connectivity index (χ4v) is 2.23. The van der Waals surface area contributed by atoms with Crippen molar-refractivity contribution in [1.29, 1.82) is 0 Å². The summed E-state index contributed by atoms with van der Waals surface area (Å²) in [5.74, 6) is 0.256. The highest BCUT2D eigenvalue weighted by Crippen LogP contribution is 2.19. The van der Waals surface area contributed by atoms with Crippen LogP contribution in [0.3, 0.4) is 0 Å². The van der Waals surface area contributed by atoms with Gasteiger partial charge < -0.3 is 15.8 Å². The summed E-state index contributed by atoms with van der Waals surface area (Å²) < 4.78 is 4.99. The normalized spacial score (nSPS) is 10.7. The SMILES string of the molecule is COCCCCCNC(=O)c1cc(N)nc2ccccc12. The summed E-state index contributed by atoms with van der Waals surface area (Å²) in [6.07, 6.45) is 2.98. The lowest BCUT2D eigenvalue weighted by Gasteiger charge is -2.09. The molecule has 3 N–H and O–H groups in total. The maximum absolute atomic E-state index is 12.3. The Balaban J connectivity index is 1.99. The van der Waals surface area contributed by atoms with E-state index in [1.165, 1.54) is 0 Å². The predicted molar refractivity (Wildman–Crippen MR) is 84.2 cm³/mol. The molecule has 0 aliphatic heterocycles. The van der Waals surface area contributed by atoms with Crippen LogP contribution in [0.5, 0.6) is 0 Å². The maximum atomic E-state index is 12.3. The second-order valence-corrected chi connectivity index (χ2v) is 4.92. The lowest BCUT2D eigenvalue weighted by molar-refractivity contribution is 0.0954. The number of rotatable bonds is 7. The van der Waals surface area contributed by atoms with Crippen molar-refractivity contribution in [2.45, 2.75) is 19.3 Å². The number of pyridine rings is 1. The van der Waals surface area contributed by atoms with Crippen LogP contribution in [-0.4, -0.2) is 31.2 Å². The Morgan fingerprint density at radius 3 is 2.90 bits per heavy atom. The van der Waals surface area contributed by atoms with Crippen LogP contribution in [0.4, 0.5) is 5.82 Å². The van der Waals surface area contributed by atoms with Gasteiger partial charge in [-0.05, 0) is 31.4 Å². The number of hydrogen-bond acceptors (Lipinski definition) is 4. The van der Waals surface area contributed by atoms with Crippen LogP contribution in [0.1, 0.15) is 29.6 Å². The fourth-order valence-electron chi connectivity index (χ4n) is 2.23. The molecule has 2 rings (SSSR count). The minimum Gasteiger partial charge on any atom is -0.385 e. The summed E-state index contributed by atoms with van der Waals surface area (Å²) >= 11 is 0. The Bertz CT molecular complexity index is 613. The molecule has 0 aliphatic rings. The van der Waals surface area contributed by atoms with Crippen LogP contribution >= 0.6 is 0 Å². The molecule has 0 unspecified atom stereocenters. The summed E-state index contributed by atoms with van der Waals surface area (Å²) in [6.45, 7) is 1.42. The molecule has 0 saturated heterocycles. The second kappa shape index (κ2) is 7.59. The van der Waals surface area contributed by atoms with Gasteiger partial charge >= 0.3 is 0 Å². The molecule has 0 spiro atoms. The number of carbonyl (C=O) groups is 1. The number of fused-ring (bicyclic) bond motifs is 1. The molecule has 21 heavy (non-hydrogen) atoms. The van der Waals surface area contributed by atoms with E-state index in [0.717, 1.165) is 36.8 Å². The van der Waals surface area contributed by atoms with E-state index in [-0.39, 0.29) is 5.91 Å². The monoisotopic (exact) mass is 287 g/mol. The Labute approximate surface area is 124 Å². The van der Waals surface area contributed by atoms with Crippen molar-refractivity contribution >= 4 is 22.6 Å². The van der Waals surface area contributed by atoms with Gasteiger partial charge in [0.25, 0.3) is 5.91 Å². The van der Waals surface area contributed by atoms with E-state index in [1.54, 1.807) is 13.2 Å². The number of nitrogen functional groups attached to an aromatic ring is 1. The van der Waals surface area contributed by atoms with E-state index in [2.05, 4.69) is 10.3 Å². The number of nitrogens with one attached hydrogen (secondary N) is 1. The first-order chi connectivity index (χ1) is 10.2. The molecule has 1 aromatic carbocycles. The first-order valence-electron chi connectivity index (χ1n) is 7.15. The predicted octanol–water partition coefficient (Wildman–Crippen LogP) is 2.36. The molecule has 5 heteroatoms. The smallest absolute Gasteiger partial charge is 0.252 e. The summed E-state index contributed by atoms with van der Waals surface area (Å²) in [4.78, 5) is 16.5. The standard InChI is InChI=1S/C16H21N3O2/c1-21-10-6-2-5-9-18-16(20)13-11-15(17)19-14-8-4-3-7-12(13)14/h3-4,7-8,11H,2,5-6,9-10H2,1H3,(H2,17,19)(H,18,20). The van der Waals surface area contributed by atoms with Gasteiger partial charge in [0.1, 0.15) is 5.82 Å². The Hall–Kier alpha value is -2.14. The zero-order chi connectivity index (χ0) is 15.1. The molecule has 1 heterocycles. The van der Waals surface area contributed by atoms with Crippen LogP contribution in [0, 0.1) is 0 Å². The molecule has 2 aromatic rings. The van der Waals surface area contributed by atoms with Crippen molar-refractivity contribution in [1.82, 2.24) is 10.3 Å². The van der Waals surface area contributed by atoms with Crippen molar-refractivity contribution in [2.24, 2.45) is 0 Å². The van der Waals surface area contributed by atoms with Crippen LogP contribution in [0.15, 0.2) is 30.3 Å². The molecule has 0 fully saturated rings. The number of amides is 1. The van der Waals surface area contributed by atoms with Crippen molar-refractivity contribution in [3.63, 3.8) is 0 Å². The largest absolute Gasteiger partial charge is 0.385 e. The molecule has 1 aromatic heterocycles. The zero-order valence-corrected chi connectivity index (χ0v) is 12.3. The van der Waals surface area contributed by atoms with Gasteiger partial charge in [-0.3, -0.25) is 4.79 Å². The number of aromatic nitrogens is 1. The van der Waals surface area contributed by atoms with Crippen LogP contribution in [0.25, 0.3) is 10.9 Å². The average molecular weight is 287 g/mol. The fraction of sp³-hybridized carbons (Fsp3) is 0.375. The van der Waals surface area contributed by atoms with E-state index < -0.39 is 0 Å². The molecule has 0 saturated carbocycles. The highest BCUT2D eigenvalue weighted by Gasteiger charge is 2.11. The zero-order valence-electron chi connectivity index (χ0n) is 12.3. The van der Waals surface area contributed by atoms with Gasteiger partial charge in [0.2, 0.25) is 0 Å². The molecule has 1 amide bonds. The van der Waals surface area contributed by atoms with Gasteiger partial charge in [0.15, 0.2) is 0 Å². The third kappa shape index (κ3) is 4.16. The van der Waals surface area contributed by atoms with E-state index >= 15 is 0 Å². The van der Waals surface area contributed by atoms with Crippen molar-refractivity contribution in [3.05, 3.63) is 35.9 Å². The van der Waals surface area contributed by atoms with Crippen LogP contribution in [0.2, 0.25) is 0 Å². The number of methoxy groups -OCH3 is 1. The van der Waals surface area contributed by atoms with E-state index in [9.17, 15) is 4.79 Å². The minimum atomic E-state index is -0.105.